The molecular formula is C36H22BrNO2. The fraction of sp³-hybridized carbons (Fsp3) is 0. The van der Waals surface area contributed by atoms with E-state index in [0.29, 0.717) is 0 Å². The summed E-state index contributed by atoms with van der Waals surface area (Å²) in [6, 6.07) is 46.3. The van der Waals surface area contributed by atoms with E-state index in [-0.39, 0.29) is 0 Å². The first-order valence-electron chi connectivity index (χ1n) is 13.2. The fourth-order valence-electron chi connectivity index (χ4n) is 5.66. The third-order valence-electron chi connectivity index (χ3n) is 7.55. The number of anilines is 3. The van der Waals surface area contributed by atoms with Crippen LogP contribution in [0.2, 0.25) is 0 Å². The zero-order valence-corrected chi connectivity index (χ0v) is 22.9. The van der Waals surface area contributed by atoms with Gasteiger partial charge in [-0.05, 0) is 75.6 Å². The average Bonchev–Trinajstić information content (AvgIpc) is 3.58. The fourth-order valence-corrected chi connectivity index (χ4v) is 6.11. The van der Waals surface area contributed by atoms with Crippen molar-refractivity contribution in [2.75, 3.05) is 4.90 Å². The number of hydrogen-bond acceptors (Lipinski definition) is 3. The van der Waals surface area contributed by atoms with Crippen LogP contribution in [0, 0.1) is 0 Å². The number of halogens is 1. The molecule has 8 rings (SSSR count). The predicted octanol–water partition coefficient (Wildman–Crippen LogP) is 11.4. The Morgan fingerprint density at radius 1 is 0.450 bits per heavy atom. The highest BCUT2D eigenvalue weighted by molar-refractivity contribution is 9.10. The Balaban J connectivity index is 1.37. The number of furan rings is 2. The van der Waals surface area contributed by atoms with Crippen molar-refractivity contribution in [2.24, 2.45) is 0 Å². The number of nitrogens with zero attached hydrogens (tertiary/aromatic N) is 1. The average molecular weight is 580 g/mol. The first kappa shape index (κ1) is 23.1. The Bertz CT molecular complexity index is 2180. The second kappa shape index (κ2) is 9.15. The Kier molecular flexibility index (Phi) is 5.29. The molecule has 6 aromatic carbocycles. The highest BCUT2D eigenvalue weighted by Crippen LogP contribution is 2.44. The molecule has 0 fully saturated rings. The Morgan fingerprint density at radius 3 is 1.95 bits per heavy atom. The van der Waals surface area contributed by atoms with E-state index >= 15 is 0 Å². The van der Waals surface area contributed by atoms with Gasteiger partial charge in [-0.2, -0.15) is 0 Å². The number of rotatable bonds is 4. The molecule has 0 amide bonds. The quantitative estimate of drug-likeness (QED) is 0.207. The van der Waals surface area contributed by atoms with Gasteiger partial charge in [-0.25, -0.2) is 0 Å². The lowest BCUT2D eigenvalue weighted by molar-refractivity contribution is 0.667. The van der Waals surface area contributed by atoms with Crippen LogP contribution in [0.3, 0.4) is 0 Å². The molecule has 2 heterocycles. The summed E-state index contributed by atoms with van der Waals surface area (Å²) in [4.78, 5) is 2.27. The predicted molar refractivity (Wildman–Crippen MR) is 169 cm³/mol. The SMILES string of the molecule is Brc1cccc2c1oc1c(N(c3ccc(-c4ccccc4)cc3)c3ccc4oc5ccccc5c4c3)cccc12. The van der Waals surface area contributed by atoms with E-state index in [9.17, 15) is 0 Å². The topological polar surface area (TPSA) is 29.5 Å². The van der Waals surface area contributed by atoms with Crippen LogP contribution >= 0.6 is 15.9 Å². The van der Waals surface area contributed by atoms with Crippen molar-refractivity contribution < 1.29 is 8.83 Å². The normalized spacial score (nSPS) is 11.6. The van der Waals surface area contributed by atoms with E-state index in [2.05, 4.69) is 124 Å². The number of hydrogen-bond donors (Lipinski definition) is 0. The molecule has 0 saturated heterocycles. The van der Waals surface area contributed by atoms with Gasteiger partial charge in [0.1, 0.15) is 16.7 Å². The van der Waals surface area contributed by atoms with Crippen molar-refractivity contribution in [3.63, 3.8) is 0 Å². The molecule has 3 nitrogen and oxygen atoms in total. The molecule has 40 heavy (non-hydrogen) atoms. The summed E-state index contributed by atoms with van der Waals surface area (Å²) in [6.07, 6.45) is 0. The van der Waals surface area contributed by atoms with Crippen molar-refractivity contribution in [1.29, 1.82) is 0 Å². The highest BCUT2D eigenvalue weighted by Gasteiger charge is 2.21. The van der Waals surface area contributed by atoms with Crippen molar-refractivity contribution in [3.05, 3.63) is 138 Å². The summed E-state index contributed by atoms with van der Waals surface area (Å²) in [5, 5.41) is 4.35. The number of fused-ring (bicyclic) bond motifs is 6. The third kappa shape index (κ3) is 3.64. The van der Waals surface area contributed by atoms with Crippen molar-refractivity contribution >= 4 is 76.9 Å². The second-order valence-electron chi connectivity index (χ2n) is 9.90. The van der Waals surface area contributed by atoms with Crippen molar-refractivity contribution in [3.8, 4) is 11.1 Å². The minimum atomic E-state index is 0.841. The minimum absolute atomic E-state index is 0.841. The number of para-hydroxylation sites is 3. The standard InChI is InChI=1S/C36H22BrNO2/c37-31-13-6-11-28-29-12-7-14-32(36(29)40-35(28)31)38(25-18-16-24(17-19-25)23-8-2-1-3-9-23)26-20-21-34-30(22-26)27-10-4-5-15-33(27)39-34/h1-22H. The van der Waals surface area contributed by atoms with E-state index in [4.69, 9.17) is 8.83 Å². The molecular weight excluding hydrogens is 558 g/mol. The Hall–Kier alpha value is -4.80. The van der Waals surface area contributed by atoms with Crippen LogP contribution in [0.5, 0.6) is 0 Å². The first-order chi connectivity index (χ1) is 19.7. The molecule has 8 aromatic rings. The molecule has 4 heteroatoms. The largest absolute Gasteiger partial charge is 0.456 e. The molecule has 0 atom stereocenters. The lowest BCUT2D eigenvalue weighted by Crippen LogP contribution is -2.10. The van der Waals surface area contributed by atoms with Gasteiger partial charge in [-0.15, -0.1) is 0 Å². The van der Waals surface area contributed by atoms with Crippen molar-refractivity contribution in [2.45, 2.75) is 0 Å². The van der Waals surface area contributed by atoms with E-state index in [1.807, 2.05) is 30.3 Å². The van der Waals surface area contributed by atoms with E-state index in [1.54, 1.807) is 0 Å². The van der Waals surface area contributed by atoms with Crippen molar-refractivity contribution in [1.82, 2.24) is 0 Å². The summed E-state index contributed by atoms with van der Waals surface area (Å²) >= 11 is 3.68. The van der Waals surface area contributed by atoms with E-state index in [0.717, 1.165) is 65.4 Å². The zero-order valence-electron chi connectivity index (χ0n) is 21.3. The molecule has 0 spiro atoms. The third-order valence-corrected chi connectivity index (χ3v) is 8.17. The Morgan fingerprint density at radius 2 is 1.10 bits per heavy atom. The molecule has 0 N–H and O–H groups in total. The summed E-state index contributed by atoms with van der Waals surface area (Å²) < 4.78 is 13.7. The van der Waals surface area contributed by atoms with Gasteiger partial charge in [0.25, 0.3) is 0 Å². The summed E-state index contributed by atoms with van der Waals surface area (Å²) in [5.74, 6) is 0. The van der Waals surface area contributed by atoms with Crippen LogP contribution in [0.25, 0.3) is 55.0 Å². The first-order valence-corrected chi connectivity index (χ1v) is 14.0. The van der Waals surface area contributed by atoms with Crippen LogP contribution in [0.4, 0.5) is 17.1 Å². The maximum absolute atomic E-state index is 6.57. The second-order valence-corrected chi connectivity index (χ2v) is 10.8. The van der Waals surface area contributed by atoms with Gasteiger partial charge in [0.05, 0.1) is 10.2 Å². The lowest BCUT2D eigenvalue weighted by Gasteiger charge is -2.26. The monoisotopic (exact) mass is 579 g/mol. The van der Waals surface area contributed by atoms with Gasteiger partial charge >= 0.3 is 0 Å². The molecule has 0 bridgehead atoms. The molecule has 0 aliphatic heterocycles. The molecule has 190 valence electrons. The van der Waals surface area contributed by atoms with Crippen LogP contribution in [-0.2, 0) is 0 Å². The smallest absolute Gasteiger partial charge is 0.159 e. The molecule has 0 aliphatic carbocycles. The van der Waals surface area contributed by atoms with Gasteiger partial charge in [-0.3, -0.25) is 0 Å². The van der Waals surface area contributed by atoms with Gasteiger partial charge < -0.3 is 13.7 Å². The lowest BCUT2D eigenvalue weighted by atomic mass is 10.0. The van der Waals surface area contributed by atoms with Gasteiger partial charge in [0, 0.05) is 32.9 Å². The highest BCUT2D eigenvalue weighted by atomic mass is 79.9. The van der Waals surface area contributed by atoms with E-state index < -0.39 is 0 Å². The summed E-state index contributed by atoms with van der Waals surface area (Å²) in [6.45, 7) is 0. The summed E-state index contributed by atoms with van der Waals surface area (Å²) in [5.41, 5.74) is 8.85. The molecule has 0 radical (unpaired) electrons. The van der Waals surface area contributed by atoms with Gasteiger partial charge in [-0.1, -0.05) is 84.9 Å². The van der Waals surface area contributed by atoms with Gasteiger partial charge in [0.2, 0.25) is 0 Å². The minimum Gasteiger partial charge on any atom is -0.456 e. The Labute approximate surface area is 239 Å². The van der Waals surface area contributed by atoms with Crippen LogP contribution in [0.15, 0.2) is 147 Å². The molecule has 0 unspecified atom stereocenters. The molecule has 0 aliphatic rings. The number of benzene rings is 6. The summed E-state index contributed by atoms with van der Waals surface area (Å²) in [7, 11) is 0. The maximum atomic E-state index is 6.57. The van der Waals surface area contributed by atoms with Crippen LogP contribution < -0.4 is 4.90 Å². The van der Waals surface area contributed by atoms with Crippen LogP contribution in [-0.4, -0.2) is 0 Å². The molecule has 0 saturated carbocycles. The molecule has 2 aromatic heterocycles. The van der Waals surface area contributed by atoms with Gasteiger partial charge in [0.15, 0.2) is 5.58 Å². The maximum Gasteiger partial charge on any atom is 0.159 e. The van der Waals surface area contributed by atoms with Crippen LogP contribution in [0.1, 0.15) is 0 Å². The zero-order chi connectivity index (χ0) is 26.6. The van der Waals surface area contributed by atoms with E-state index in [1.165, 1.54) is 11.1 Å².